The van der Waals surface area contributed by atoms with Gasteiger partial charge in [0.1, 0.15) is 17.4 Å². The van der Waals surface area contributed by atoms with Gasteiger partial charge in [0.2, 0.25) is 0 Å². The van der Waals surface area contributed by atoms with Crippen molar-refractivity contribution >= 4 is 23.1 Å². The van der Waals surface area contributed by atoms with Gasteiger partial charge in [-0.05, 0) is 20.8 Å². The van der Waals surface area contributed by atoms with Crippen LogP contribution in [0.15, 0.2) is 12.7 Å². The number of amides is 1. The first-order chi connectivity index (χ1) is 12.0. The summed E-state index contributed by atoms with van der Waals surface area (Å²) in [5.74, 6) is -3.30. The average molecular weight is 370 g/mol. The number of alkyl halides is 2. The minimum atomic E-state index is -3.34. The van der Waals surface area contributed by atoms with Crippen molar-refractivity contribution in [2.24, 2.45) is 0 Å². The minimum absolute atomic E-state index is 0.0394. The summed E-state index contributed by atoms with van der Waals surface area (Å²) in [6.07, 6.45) is -1.17. The first-order valence-electron chi connectivity index (χ1n) is 7.98. The van der Waals surface area contributed by atoms with E-state index in [2.05, 4.69) is 15.0 Å². The Morgan fingerprint density at radius 1 is 1.42 bits per heavy atom. The molecule has 1 aliphatic rings. The summed E-state index contributed by atoms with van der Waals surface area (Å²) in [6.45, 7) is 4.25. The molecule has 0 aromatic carbocycles. The van der Waals surface area contributed by atoms with Gasteiger partial charge in [-0.2, -0.15) is 0 Å². The molecule has 1 saturated heterocycles. The van der Waals surface area contributed by atoms with Crippen LogP contribution in [0.3, 0.4) is 0 Å². The van der Waals surface area contributed by atoms with Crippen LogP contribution in [-0.4, -0.2) is 59.8 Å². The molecule has 3 N–H and O–H groups in total. The van der Waals surface area contributed by atoms with Gasteiger partial charge in [0.05, 0.1) is 19.0 Å². The number of carbonyl (C=O) groups is 1. The fourth-order valence-electron chi connectivity index (χ4n) is 3.02. The number of aromatic nitrogens is 4. The number of halogens is 2. The van der Waals surface area contributed by atoms with Crippen molar-refractivity contribution in [3.8, 4) is 0 Å². The predicted octanol–water partition coefficient (Wildman–Crippen LogP) is 1.54. The number of ether oxygens (including phenoxy) is 1. The number of nitrogens with two attached hydrogens (primary N) is 1. The second-order valence-corrected chi connectivity index (χ2v) is 7.15. The molecule has 2 aromatic rings. The molecule has 26 heavy (non-hydrogen) atoms. The molecule has 2 atom stereocenters. The maximum atomic E-state index is 14.8. The SMILES string of the molecule is CC(C)(C)OC(=O)N1[C@H](CO)CC(F)(F)[C@H]1n1cnc2c(N)ncnc21. The minimum Gasteiger partial charge on any atom is -0.444 e. The van der Waals surface area contributed by atoms with Crippen molar-refractivity contribution in [3.63, 3.8) is 0 Å². The standard InChI is InChI=1S/C15H20F2N6O3/c1-14(2,3)26-13(25)23-8(5-24)4-15(16,17)12(23)22-7-21-9-10(18)19-6-20-11(9)22/h6-8,12,24H,4-5H2,1-3H3,(H2,18,19,20)/t8-,12-/m0/s1. The Labute approximate surface area is 147 Å². The number of rotatable bonds is 2. The van der Waals surface area contributed by atoms with E-state index in [1.165, 1.54) is 0 Å². The Balaban J connectivity index is 2.11. The zero-order valence-corrected chi connectivity index (χ0v) is 14.6. The number of aliphatic hydroxyl groups is 1. The van der Waals surface area contributed by atoms with Crippen LogP contribution >= 0.6 is 0 Å². The molecule has 1 fully saturated rings. The van der Waals surface area contributed by atoms with Gasteiger partial charge in [-0.3, -0.25) is 9.47 Å². The Bertz CT molecular complexity index is 834. The summed E-state index contributed by atoms with van der Waals surface area (Å²) in [6, 6.07) is -1.11. The predicted molar refractivity (Wildman–Crippen MR) is 87.3 cm³/mol. The molecule has 142 valence electrons. The van der Waals surface area contributed by atoms with Crippen LogP contribution in [0.4, 0.5) is 19.4 Å². The van der Waals surface area contributed by atoms with E-state index in [4.69, 9.17) is 10.5 Å². The third-order valence-electron chi connectivity index (χ3n) is 4.01. The fraction of sp³-hybridized carbons (Fsp3) is 0.600. The van der Waals surface area contributed by atoms with Gasteiger partial charge in [-0.15, -0.1) is 0 Å². The number of nitrogen functional groups attached to an aromatic ring is 1. The van der Waals surface area contributed by atoms with Gasteiger partial charge in [-0.25, -0.2) is 28.5 Å². The number of nitrogens with zero attached hydrogens (tertiary/aromatic N) is 5. The molecule has 1 amide bonds. The highest BCUT2D eigenvalue weighted by molar-refractivity contribution is 5.81. The number of anilines is 1. The molecule has 0 bridgehead atoms. The molecular weight excluding hydrogens is 350 g/mol. The van der Waals surface area contributed by atoms with Gasteiger partial charge in [0.15, 0.2) is 17.6 Å². The number of carbonyl (C=O) groups excluding carboxylic acids is 1. The van der Waals surface area contributed by atoms with E-state index in [9.17, 15) is 18.7 Å². The van der Waals surface area contributed by atoms with Gasteiger partial charge in [0.25, 0.3) is 5.92 Å². The van der Waals surface area contributed by atoms with Crippen LogP contribution in [0, 0.1) is 0 Å². The zero-order chi connectivity index (χ0) is 19.3. The molecular formula is C15H20F2N6O3. The van der Waals surface area contributed by atoms with E-state index in [1.54, 1.807) is 20.8 Å². The Morgan fingerprint density at radius 2 is 2.12 bits per heavy atom. The fourth-order valence-corrected chi connectivity index (χ4v) is 3.02. The number of hydrogen-bond donors (Lipinski definition) is 2. The van der Waals surface area contributed by atoms with Crippen LogP contribution in [0.2, 0.25) is 0 Å². The van der Waals surface area contributed by atoms with Gasteiger partial charge < -0.3 is 15.6 Å². The largest absolute Gasteiger partial charge is 0.444 e. The summed E-state index contributed by atoms with van der Waals surface area (Å²) in [5.41, 5.74) is 5.04. The van der Waals surface area contributed by atoms with Crippen molar-refractivity contribution in [3.05, 3.63) is 12.7 Å². The van der Waals surface area contributed by atoms with Gasteiger partial charge in [-0.1, -0.05) is 0 Å². The van der Waals surface area contributed by atoms with Crippen molar-refractivity contribution < 1.29 is 23.4 Å². The number of likely N-dealkylation sites (tertiary alicyclic amines) is 1. The van der Waals surface area contributed by atoms with Crippen LogP contribution in [0.1, 0.15) is 33.4 Å². The Morgan fingerprint density at radius 3 is 2.73 bits per heavy atom. The first-order valence-corrected chi connectivity index (χ1v) is 7.98. The van der Waals surface area contributed by atoms with Crippen molar-refractivity contribution in [2.75, 3.05) is 12.3 Å². The number of fused-ring (bicyclic) bond motifs is 1. The Hall–Kier alpha value is -2.56. The van der Waals surface area contributed by atoms with Gasteiger partial charge >= 0.3 is 6.09 Å². The molecule has 9 nitrogen and oxygen atoms in total. The van der Waals surface area contributed by atoms with E-state index >= 15 is 0 Å². The number of aliphatic hydroxyl groups excluding tert-OH is 1. The van der Waals surface area contributed by atoms with Crippen molar-refractivity contribution in [1.29, 1.82) is 0 Å². The number of hydrogen-bond acceptors (Lipinski definition) is 7. The monoisotopic (exact) mass is 370 g/mol. The first kappa shape index (κ1) is 18.2. The van der Waals surface area contributed by atoms with Gasteiger partial charge in [0, 0.05) is 6.42 Å². The molecule has 3 rings (SSSR count). The lowest BCUT2D eigenvalue weighted by Crippen LogP contribution is -2.45. The van der Waals surface area contributed by atoms with Crippen LogP contribution in [0.5, 0.6) is 0 Å². The summed E-state index contributed by atoms with van der Waals surface area (Å²) in [5, 5.41) is 9.54. The Kier molecular flexibility index (Phi) is 4.21. The number of imidazole rings is 1. The lowest BCUT2D eigenvalue weighted by Gasteiger charge is -2.33. The van der Waals surface area contributed by atoms with E-state index < -0.39 is 42.9 Å². The normalized spacial score (nSPS) is 22.8. The molecule has 3 heterocycles. The second kappa shape index (κ2) is 6.01. The van der Waals surface area contributed by atoms with E-state index in [1.807, 2.05) is 0 Å². The van der Waals surface area contributed by atoms with Crippen molar-refractivity contribution in [1.82, 2.24) is 24.4 Å². The van der Waals surface area contributed by atoms with Crippen LogP contribution in [-0.2, 0) is 4.74 Å². The molecule has 1 aliphatic heterocycles. The van der Waals surface area contributed by atoms with E-state index in [0.717, 1.165) is 22.1 Å². The summed E-state index contributed by atoms with van der Waals surface area (Å²) in [7, 11) is 0. The molecule has 2 aromatic heterocycles. The lowest BCUT2D eigenvalue weighted by atomic mass is 10.2. The highest BCUT2D eigenvalue weighted by Gasteiger charge is 2.58. The molecule has 0 spiro atoms. The maximum absolute atomic E-state index is 14.8. The maximum Gasteiger partial charge on any atom is 0.412 e. The molecule has 0 unspecified atom stereocenters. The zero-order valence-electron chi connectivity index (χ0n) is 14.6. The smallest absolute Gasteiger partial charge is 0.412 e. The highest BCUT2D eigenvalue weighted by atomic mass is 19.3. The lowest BCUT2D eigenvalue weighted by molar-refractivity contribution is -0.0680. The van der Waals surface area contributed by atoms with E-state index in [-0.39, 0.29) is 17.0 Å². The molecule has 0 aliphatic carbocycles. The summed E-state index contributed by atoms with van der Waals surface area (Å²) in [4.78, 5) is 25.2. The quantitative estimate of drug-likeness (QED) is 0.823. The molecule has 0 radical (unpaired) electrons. The van der Waals surface area contributed by atoms with E-state index in [0.29, 0.717) is 0 Å². The third-order valence-corrected chi connectivity index (χ3v) is 4.01. The molecule has 0 saturated carbocycles. The third kappa shape index (κ3) is 3.02. The topological polar surface area (TPSA) is 119 Å². The second-order valence-electron chi connectivity index (χ2n) is 7.15. The summed E-state index contributed by atoms with van der Waals surface area (Å²) >= 11 is 0. The van der Waals surface area contributed by atoms with Crippen molar-refractivity contribution in [2.45, 2.75) is 50.9 Å². The highest BCUT2D eigenvalue weighted by Crippen LogP contribution is 2.46. The molecule has 11 heteroatoms. The average Bonchev–Trinajstić information content (AvgIpc) is 3.04. The van der Waals surface area contributed by atoms with Crippen LogP contribution in [0.25, 0.3) is 11.2 Å². The summed E-state index contributed by atoms with van der Waals surface area (Å²) < 4.78 is 35.9. The van der Waals surface area contributed by atoms with Crippen LogP contribution < -0.4 is 5.73 Å².